The fourth-order valence-electron chi connectivity index (χ4n) is 4.98. The van der Waals surface area contributed by atoms with Crippen molar-refractivity contribution in [2.24, 2.45) is 0 Å². The van der Waals surface area contributed by atoms with Gasteiger partial charge in [0.1, 0.15) is 0 Å². The lowest BCUT2D eigenvalue weighted by molar-refractivity contribution is -0.173. The zero-order chi connectivity index (χ0) is 22.8. The van der Waals surface area contributed by atoms with E-state index < -0.39 is 5.60 Å². The van der Waals surface area contributed by atoms with E-state index in [1.54, 1.807) is 18.6 Å². The van der Waals surface area contributed by atoms with E-state index in [2.05, 4.69) is 46.1 Å². The fourth-order valence-corrected chi connectivity index (χ4v) is 4.98. The molecule has 0 aromatic carbocycles. The van der Waals surface area contributed by atoms with E-state index in [9.17, 15) is 4.79 Å². The van der Waals surface area contributed by atoms with Gasteiger partial charge < -0.3 is 9.64 Å². The first-order chi connectivity index (χ1) is 16.0. The number of pyridine rings is 2. The summed E-state index contributed by atoms with van der Waals surface area (Å²) in [6, 6.07) is 8.22. The molecule has 2 atom stereocenters. The van der Waals surface area contributed by atoms with Gasteiger partial charge in [-0.2, -0.15) is 5.10 Å². The van der Waals surface area contributed by atoms with Gasteiger partial charge in [0.2, 0.25) is 0 Å². The predicted molar refractivity (Wildman–Crippen MR) is 123 cm³/mol. The van der Waals surface area contributed by atoms with Gasteiger partial charge in [0.25, 0.3) is 5.91 Å². The van der Waals surface area contributed by atoms with E-state index in [1.807, 2.05) is 40.2 Å². The van der Waals surface area contributed by atoms with Crippen molar-refractivity contribution < 1.29 is 9.53 Å². The van der Waals surface area contributed by atoms with Gasteiger partial charge in [0.15, 0.2) is 5.60 Å². The Morgan fingerprint density at radius 1 is 1.09 bits per heavy atom. The highest BCUT2D eigenvalue weighted by molar-refractivity contribution is 5.88. The summed E-state index contributed by atoms with van der Waals surface area (Å²) in [6.45, 7) is 7.91. The van der Waals surface area contributed by atoms with Crippen LogP contribution in [0.5, 0.6) is 0 Å². The lowest BCUT2D eigenvalue weighted by Gasteiger charge is -2.42. The molecule has 0 saturated carbocycles. The number of nitrogens with zero attached hydrogens (tertiary/aromatic N) is 6. The average molecular weight is 447 g/mol. The Hall–Kier alpha value is -3.10. The smallest absolute Gasteiger partial charge is 0.257 e. The molecule has 3 aromatic heterocycles. The second-order valence-corrected chi connectivity index (χ2v) is 9.25. The van der Waals surface area contributed by atoms with Crippen molar-refractivity contribution in [3.63, 3.8) is 0 Å². The number of rotatable bonds is 6. The molecule has 0 aliphatic carbocycles. The van der Waals surface area contributed by atoms with E-state index in [4.69, 9.17) is 4.74 Å². The second-order valence-electron chi connectivity index (χ2n) is 9.25. The normalized spacial score (nSPS) is 23.7. The Bertz CT molecular complexity index is 1090. The van der Waals surface area contributed by atoms with Crippen LogP contribution in [0.2, 0.25) is 0 Å². The summed E-state index contributed by atoms with van der Waals surface area (Å²) >= 11 is 0. The van der Waals surface area contributed by atoms with Crippen LogP contribution in [0.3, 0.4) is 0 Å². The standard InChI is InChI=1S/C25H30N6O2/c1-19(2)31-16-21(12-28-31)14-29-17-23(22-4-3-7-27-13-22)25(18-29)24(32)30(10-11-33-25)15-20-5-8-26-9-6-20/h3-9,12-13,16,19,23H,10-11,14-15,17-18H2,1-2H3. The number of carbonyl (C=O) groups is 1. The maximum atomic E-state index is 14.0. The summed E-state index contributed by atoms with van der Waals surface area (Å²) in [7, 11) is 0. The molecule has 1 amide bonds. The number of aromatic nitrogens is 4. The van der Waals surface area contributed by atoms with E-state index in [0.29, 0.717) is 32.3 Å². The van der Waals surface area contributed by atoms with Crippen molar-refractivity contribution in [2.75, 3.05) is 26.2 Å². The molecule has 2 saturated heterocycles. The van der Waals surface area contributed by atoms with Crippen molar-refractivity contribution in [3.8, 4) is 0 Å². The van der Waals surface area contributed by atoms with Gasteiger partial charge in [-0.15, -0.1) is 0 Å². The summed E-state index contributed by atoms with van der Waals surface area (Å²) in [5, 5.41) is 4.48. The summed E-state index contributed by atoms with van der Waals surface area (Å²) < 4.78 is 8.36. The first-order valence-electron chi connectivity index (χ1n) is 11.5. The molecule has 8 heteroatoms. The zero-order valence-corrected chi connectivity index (χ0v) is 19.2. The number of morpholine rings is 1. The Kier molecular flexibility index (Phi) is 5.95. The molecule has 2 aliphatic heterocycles. The van der Waals surface area contributed by atoms with Crippen LogP contribution in [0.4, 0.5) is 0 Å². The Balaban J connectivity index is 1.42. The molecule has 33 heavy (non-hydrogen) atoms. The Morgan fingerprint density at radius 3 is 2.67 bits per heavy atom. The molecule has 172 valence electrons. The first-order valence-corrected chi connectivity index (χ1v) is 11.5. The number of likely N-dealkylation sites (tertiary alicyclic amines) is 1. The van der Waals surface area contributed by atoms with Crippen LogP contribution in [0, 0.1) is 0 Å². The molecule has 0 radical (unpaired) electrons. The lowest BCUT2D eigenvalue weighted by Crippen LogP contribution is -2.59. The topological polar surface area (TPSA) is 76.4 Å². The third-order valence-corrected chi connectivity index (χ3v) is 6.63. The third kappa shape index (κ3) is 4.28. The van der Waals surface area contributed by atoms with Gasteiger partial charge in [-0.1, -0.05) is 6.07 Å². The monoisotopic (exact) mass is 446 g/mol. The minimum atomic E-state index is -0.914. The van der Waals surface area contributed by atoms with Crippen LogP contribution in [0.15, 0.2) is 61.4 Å². The van der Waals surface area contributed by atoms with Crippen molar-refractivity contribution in [1.82, 2.24) is 29.5 Å². The van der Waals surface area contributed by atoms with Crippen molar-refractivity contribution in [3.05, 3.63) is 78.1 Å². The highest BCUT2D eigenvalue weighted by Gasteiger charge is 2.57. The number of hydrogen-bond donors (Lipinski definition) is 0. The summed E-state index contributed by atoms with van der Waals surface area (Å²) in [4.78, 5) is 26.6. The average Bonchev–Trinajstić information content (AvgIpc) is 3.44. The second kappa shape index (κ2) is 9.03. The zero-order valence-electron chi connectivity index (χ0n) is 19.2. The number of carbonyl (C=O) groups excluding carboxylic acids is 1. The predicted octanol–water partition coefficient (Wildman–Crippen LogP) is 2.65. The molecule has 2 unspecified atom stereocenters. The van der Waals surface area contributed by atoms with Gasteiger partial charge in [0.05, 0.1) is 12.8 Å². The van der Waals surface area contributed by atoms with Crippen LogP contribution in [0.1, 0.15) is 42.5 Å². The molecule has 1 spiro atoms. The van der Waals surface area contributed by atoms with Gasteiger partial charge in [-0.25, -0.2) is 0 Å². The molecule has 0 bridgehead atoms. The van der Waals surface area contributed by atoms with Crippen LogP contribution >= 0.6 is 0 Å². The van der Waals surface area contributed by atoms with Crippen molar-refractivity contribution >= 4 is 5.91 Å². The van der Waals surface area contributed by atoms with E-state index in [-0.39, 0.29) is 11.8 Å². The number of amides is 1. The highest BCUT2D eigenvalue weighted by Crippen LogP contribution is 2.42. The molecule has 5 rings (SSSR count). The lowest BCUT2D eigenvalue weighted by atomic mass is 9.83. The van der Waals surface area contributed by atoms with Gasteiger partial charge in [-0.3, -0.25) is 24.3 Å². The van der Waals surface area contributed by atoms with Crippen LogP contribution < -0.4 is 0 Å². The molecular weight excluding hydrogens is 416 g/mol. The minimum absolute atomic E-state index is 0.0554. The Morgan fingerprint density at radius 2 is 1.94 bits per heavy atom. The Labute approximate surface area is 194 Å². The maximum Gasteiger partial charge on any atom is 0.257 e. The van der Waals surface area contributed by atoms with Gasteiger partial charge in [-0.05, 0) is 43.2 Å². The molecule has 2 aliphatic rings. The molecule has 2 fully saturated rings. The van der Waals surface area contributed by atoms with Gasteiger partial charge in [0, 0.05) is 81.2 Å². The minimum Gasteiger partial charge on any atom is -0.361 e. The van der Waals surface area contributed by atoms with Crippen molar-refractivity contribution in [2.45, 2.75) is 44.5 Å². The van der Waals surface area contributed by atoms with Gasteiger partial charge >= 0.3 is 0 Å². The number of hydrogen-bond acceptors (Lipinski definition) is 6. The maximum absolute atomic E-state index is 14.0. The molecule has 5 heterocycles. The highest BCUT2D eigenvalue weighted by atomic mass is 16.5. The van der Waals surface area contributed by atoms with Crippen LogP contribution in [-0.4, -0.2) is 67.3 Å². The van der Waals surface area contributed by atoms with E-state index >= 15 is 0 Å². The SMILES string of the molecule is CC(C)n1cc(CN2CC(c3cccnc3)C3(C2)OCCN(Cc2ccncc2)C3=O)cn1. The largest absolute Gasteiger partial charge is 0.361 e. The van der Waals surface area contributed by atoms with Crippen LogP contribution in [-0.2, 0) is 22.6 Å². The molecule has 0 N–H and O–H groups in total. The number of ether oxygens (including phenoxy) is 1. The first kappa shape index (κ1) is 21.7. The molecular formula is C25H30N6O2. The van der Waals surface area contributed by atoms with Crippen LogP contribution in [0.25, 0.3) is 0 Å². The third-order valence-electron chi connectivity index (χ3n) is 6.63. The van der Waals surface area contributed by atoms with E-state index in [1.165, 1.54) is 0 Å². The summed E-state index contributed by atoms with van der Waals surface area (Å²) in [6.07, 6.45) is 11.2. The summed E-state index contributed by atoms with van der Waals surface area (Å²) in [5.74, 6) is -0.0288. The molecule has 3 aromatic rings. The summed E-state index contributed by atoms with van der Waals surface area (Å²) in [5.41, 5.74) is 2.34. The fraction of sp³-hybridized carbons (Fsp3) is 0.440. The quantitative estimate of drug-likeness (QED) is 0.580. The van der Waals surface area contributed by atoms with E-state index in [0.717, 1.165) is 29.8 Å². The van der Waals surface area contributed by atoms with Crippen molar-refractivity contribution in [1.29, 1.82) is 0 Å². The molecule has 8 nitrogen and oxygen atoms in total.